The summed E-state index contributed by atoms with van der Waals surface area (Å²) in [5.41, 5.74) is 0. The van der Waals surface area contributed by atoms with Gasteiger partial charge in [-0.05, 0) is 12.8 Å². The first-order valence-corrected chi connectivity index (χ1v) is 5.99. The molecule has 0 aromatic carbocycles. The van der Waals surface area contributed by atoms with Crippen LogP contribution in [0.25, 0.3) is 0 Å². The van der Waals surface area contributed by atoms with E-state index in [1.807, 2.05) is 0 Å². The molecule has 1 nitrogen and oxygen atoms in total. The van der Waals surface area contributed by atoms with Crippen LogP contribution in [-0.2, 0) is 4.74 Å². The summed E-state index contributed by atoms with van der Waals surface area (Å²) in [5, 5.41) is 0. The van der Waals surface area contributed by atoms with Crippen LogP contribution in [0.3, 0.4) is 0 Å². The summed E-state index contributed by atoms with van der Waals surface area (Å²) in [6.45, 7) is 6.44. The van der Waals surface area contributed by atoms with Crippen LogP contribution >= 0.6 is 0 Å². The summed E-state index contributed by atoms with van der Waals surface area (Å²) >= 11 is 0. The second-order valence-electron chi connectivity index (χ2n) is 3.73. The van der Waals surface area contributed by atoms with Crippen LogP contribution in [0.4, 0.5) is 0 Å². The smallest absolute Gasteiger partial charge is 0.0466 e. The molecule has 0 aliphatic heterocycles. The second kappa shape index (κ2) is 16.0. The zero-order valence-corrected chi connectivity index (χ0v) is 10.5. The Morgan fingerprint density at radius 1 is 0.643 bits per heavy atom. The van der Waals surface area contributed by atoms with Gasteiger partial charge in [0.2, 0.25) is 0 Å². The average molecular weight is 193 g/mol. The van der Waals surface area contributed by atoms with E-state index in [4.69, 9.17) is 4.74 Å². The van der Waals surface area contributed by atoms with Gasteiger partial charge < -0.3 is 4.74 Å². The Labute approximate surface area is 102 Å². The minimum absolute atomic E-state index is 0. The van der Waals surface area contributed by atoms with Crippen LogP contribution in [0.1, 0.15) is 65.2 Å². The van der Waals surface area contributed by atoms with Crippen LogP contribution in [0.5, 0.6) is 0 Å². The van der Waals surface area contributed by atoms with Crippen molar-refractivity contribution in [3.8, 4) is 0 Å². The van der Waals surface area contributed by atoms with Crippen molar-refractivity contribution in [2.75, 3.05) is 13.2 Å². The fraction of sp³-hybridized carbons (Fsp3) is 1.00. The maximum atomic E-state index is 5.53. The minimum Gasteiger partial charge on any atom is -0.381 e. The van der Waals surface area contributed by atoms with E-state index in [0.29, 0.717) is 0 Å². The van der Waals surface area contributed by atoms with E-state index in [0.717, 1.165) is 13.2 Å². The largest absolute Gasteiger partial charge is 0.381 e. The Morgan fingerprint density at radius 2 is 1.07 bits per heavy atom. The van der Waals surface area contributed by atoms with Crippen molar-refractivity contribution >= 4 is 18.9 Å². The van der Waals surface area contributed by atoms with Gasteiger partial charge in [-0.1, -0.05) is 52.4 Å². The van der Waals surface area contributed by atoms with E-state index in [9.17, 15) is 0 Å². The molecule has 2 heteroatoms. The second-order valence-corrected chi connectivity index (χ2v) is 3.73. The third kappa shape index (κ3) is 15.0. The van der Waals surface area contributed by atoms with Gasteiger partial charge in [0.1, 0.15) is 0 Å². The molecule has 81 valence electrons. The standard InChI is InChI=1S/C12H26O.Li/c1-3-5-7-9-11-13-12-10-8-6-4-2;/h3-12H2,1-2H3;. The predicted molar refractivity (Wildman–Crippen MR) is 64.9 cm³/mol. The van der Waals surface area contributed by atoms with E-state index >= 15 is 0 Å². The molecule has 0 spiro atoms. The van der Waals surface area contributed by atoms with Crippen LogP contribution in [0.2, 0.25) is 0 Å². The van der Waals surface area contributed by atoms with Crippen LogP contribution in [0.15, 0.2) is 0 Å². The van der Waals surface area contributed by atoms with Gasteiger partial charge in [-0.25, -0.2) is 0 Å². The molecule has 1 radical (unpaired) electrons. The first kappa shape index (κ1) is 17.0. The Morgan fingerprint density at radius 3 is 1.43 bits per heavy atom. The maximum absolute atomic E-state index is 5.53. The summed E-state index contributed by atoms with van der Waals surface area (Å²) < 4.78 is 5.53. The van der Waals surface area contributed by atoms with Crippen molar-refractivity contribution < 1.29 is 4.74 Å². The summed E-state index contributed by atoms with van der Waals surface area (Å²) in [4.78, 5) is 0. The summed E-state index contributed by atoms with van der Waals surface area (Å²) in [6.07, 6.45) is 10.5. The first-order chi connectivity index (χ1) is 6.41. The molecule has 0 saturated carbocycles. The molecule has 0 aliphatic rings. The van der Waals surface area contributed by atoms with Crippen LogP contribution in [-0.4, -0.2) is 32.1 Å². The molecule has 0 aromatic heterocycles. The van der Waals surface area contributed by atoms with Crippen molar-refractivity contribution in [3.05, 3.63) is 0 Å². The number of hydrogen-bond donors (Lipinski definition) is 0. The summed E-state index contributed by atoms with van der Waals surface area (Å²) in [7, 11) is 0. The van der Waals surface area contributed by atoms with Crippen LogP contribution < -0.4 is 0 Å². The molecule has 0 aliphatic carbocycles. The molecule has 0 unspecified atom stereocenters. The Bertz CT molecular complexity index is 76.4. The third-order valence-corrected chi connectivity index (χ3v) is 2.28. The number of ether oxygens (including phenoxy) is 1. The Kier molecular flexibility index (Phi) is 19.4. The van der Waals surface area contributed by atoms with Crippen molar-refractivity contribution in [1.82, 2.24) is 0 Å². The van der Waals surface area contributed by atoms with Gasteiger partial charge in [0.15, 0.2) is 0 Å². The molecule has 0 bridgehead atoms. The van der Waals surface area contributed by atoms with E-state index in [1.165, 1.54) is 51.4 Å². The van der Waals surface area contributed by atoms with Crippen molar-refractivity contribution in [1.29, 1.82) is 0 Å². The Balaban J connectivity index is 0. The molecule has 0 atom stereocenters. The van der Waals surface area contributed by atoms with Gasteiger partial charge in [-0.2, -0.15) is 0 Å². The zero-order chi connectivity index (χ0) is 9.78. The molecule has 14 heavy (non-hydrogen) atoms. The molecule has 0 fully saturated rings. The molecular formula is C12H26LiO. The van der Waals surface area contributed by atoms with E-state index < -0.39 is 0 Å². The fourth-order valence-corrected chi connectivity index (χ4v) is 1.36. The number of rotatable bonds is 10. The van der Waals surface area contributed by atoms with Gasteiger partial charge in [-0.3, -0.25) is 0 Å². The average Bonchev–Trinajstić information content (AvgIpc) is 2.16. The van der Waals surface area contributed by atoms with Crippen molar-refractivity contribution in [2.24, 2.45) is 0 Å². The van der Waals surface area contributed by atoms with Crippen molar-refractivity contribution in [3.63, 3.8) is 0 Å². The summed E-state index contributed by atoms with van der Waals surface area (Å²) in [6, 6.07) is 0. The minimum atomic E-state index is 0. The topological polar surface area (TPSA) is 9.23 Å². The molecule has 0 aromatic rings. The Hall–Kier alpha value is 0.557. The predicted octanol–water partition coefficient (Wildman–Crippen LogP) is 3.78. The third-order valence-electron chi connectivity index (χ3n) is 2.28. The van der Waals surface area contributed by atoms with E-state index in [-0.39, 0.29) is 18.9 Å². The van der Waals surface area contributed by atoms with E-state index in [1.54, 1.807) is 0 Å². The maximum Gasteiger partial charge on any atom is 0.0466 e. The molecular weight excluding hydrogens is 167 g/mol. The first-order valence-electron chi connectivity index (χ1n) is 5.99. The molecule has 0 N–H and O–H groups in total. The number of unbranched alkanes of at least 4 members (excludes halogenated alkanes) is 6. The molecule has 0 saturated heterocycles. The van der Waals surface area contributed by atoms with E-state index in [2.05, 4.69) is 13.8 Å². The van der Waals surface area contributed by atoms with Crippen molar-refractivity contribution in [2.45, 2.75) is 65.2 Å². The zero-order valence-electron chi connectivity index (χ0n) is 10.5. The normalized spacial score (nSPS) is 9.86. The SMILES string of the molecule is CCCCCCOCCCCCC.[Li]. The molecule has 0 rings (SSSR count). The summed E-state index contributed by atoms with van der Waals surface area (Å²) in [5.74, 6) is 0. The van der Waals surface area contributed by atoms with Gasteiger partial charge in [0, 0.05) is 32.1 Å². The van der Waals surface area contributed by atoms with Gasteiger partial charge in [0.25, 0.3) is 0 Å². The quantitative estimate of drug-likeness (QED) is 0.379. The van der Waals surface area contributed by atoms with Gasteiger partial charge in [0.05, 0.1) is 0 Å². The van der Waals surface area contributed by atoms with Gasteiger partial charge in [-0.15, -0.1) is 0 Å². The van der Waals surface area contributed by atoms with Gasteiger partial charge >= 0.3 is 0 Å². The fourth-order valence-electron chi connectivity index (χ4n) is 1.36. The molecule has 0 heterocycles. The monoisotopic (exact) mass is 193 g/mol. The van der Waals surface area contributed by atoms with Crippen LogP contribution in [0, 0.1) is 0 Å². The number of hydrogen-bond acceptors (Lipinski definition) is 1. The molecule has 0 amide bonds.